The van der Waals surface area contributed by atoms with Crippen molar-refractivity contribution in [1.29, 1.82) is 0 Å². The number of esters is 1. The van der Waals surface area contributed by atoms with Gasteiger partial charge in [0, 0.05) is 6.54 Å². The van der Waals surface area contributed by atoms with Gasteiger partial charge in [0.25, 0.3) is 0 Å². The smallest absolute Gasteiger partial charge is 0.373 e. The minimum Gasteiger partial charge on any atom is -0.493 e. The van der Waals surface area contributed by atoms with Crippen LogP contribution in [-0.2, 0) is 24.4 Å². The molecule has 7 nitrogen and oxygen atoms in total. The first-order valence-electron chi connectivity index (χ1n) is 8.75. The van der Waals surface area contributed by atoms with Crippen LogP contribution in [0, 0.1) is 0 Å². The molecule has 3 rings (SSSR count). The molecule has 2 heterocycles. The molecule has 0 saturated carbocycles. The second-order valence-electron chi connectivity index (χ2n) is 6.17. The first kappa shape index (κ1) is 19.6. The van der Waals surface area contributed by atoms with Crippen LogP contribution >= 0.6 is 0 Å². The second kappa shape index (κ2) is 9.14. The molecule has 0 aliphatic heterocycles. The summed E-state index contributed by atoms with van der Waals surface area (Å²) >= 11 is 0. The number of carbonyl (C=O) groups excluding carboxylic acids is 1. The van der Waals surface area contributed by atoms with Gasteiger partial charge in [-0.15, -0.1) is 0 Å². The molecule has 0 atom stereocenters. The zero-order valence-electron chi connectivity index (χ0n) is 16.1. The number of hydrogen-bond donors (Lipinski definition) is 0. The molecule has 0 bridgehead atoms. The lowest BCUT2D eigenvalue weighted by molar-refractivity contribution is 0.0560. The topological polar surface area (TPSA) is 74.3 Å². The molecule has 0 aliphatic carbocycles. The zero-order valence-corrected chi connectivity index (χ0v) is 16.1. The van der Waals surface area contributed by atoms with E-state index in [9.17, 15) is 4.79 Å². The molecular weight excluding hydrogens is 362 g/mol. The summed E-state index contributed by atoms with van der Waals surface area (Å²) in [5.41, 5.74) is 1.05. The van der Waals surface area contributed by atoms with E-state index in [4.69, 9.17) is 23.0 Å². The molecule has 7 heteroatoms. The maximum absolute atomic E-state index is 11.6. The Balaban J connectivity index is 1.79. The molecule has 0 spiro atoms. The van der Waals surface area contributed by atoms with E-state index < -0.39 is 5.97 Å². The summed E-state index contributed by atoms with van der Waals surface area (Å²) in [6.45, 7) is 1.69. The molecule has 3 aromatic rings. The molecule has 0 fully saturated rings. The van der Waals surface area contributed by atoms with E-state index >= 15 is 0 Å². The Hall–Kier alpha value is -3.19. The standard InChI is InChI=1S/C21H23NO6/c1-24-18-8-6-15(11-20(18)25-2)12-22(13-16-5-4-10-27-16)14-17-7-9-19(28-17)21(23)26-3/h4-11H,12-14H2,1-3H3. The highest BCUT2D eigenvalue weighted by molar-refractivity contribution is 5.86. The molecule has 28 heavy (non-hydrogen) atoms. The van der Waals surface area contributed by atoms with Crippen molar-refractivity contribution in [3.05, 3.63) is 71.6 Å². The fourth-order valence-corrected chi connectivity index (χ4v) is 2.92. The van der Waals surface area contributed by atoms with Crippen LogP contribution in [0.15, 0.2) is 57.6 Å². The summed E-state index contributed by atoms with van der Waals surface area (Å²) in [4.78, 5) is 13.8. The van der Waals surface area contributed by atoms with Crippen molar-refractivity contribution in [3.63, 3.8) is 0 Å². The van der Waals surface area contributed by atoms with Crippen molar-refractivity contribution >= 4 is 5.97 Å². The molecule has 148 valence electrons. The van der Waals surface area contributed by atoms with Gasteiger partial charge in [0.05, 0.1) is 40.7 Å². The average Bonchev–Trinajstić information content (AvgIpc) is 3.39. The summed E-state index contributed by atoms with van der Waals surface area (Å²) in [5.74, 6) is 2.53. The number of benzene rings is 1. The number of hydrogen-bond acceptors (Lipinski definition) is 7. The van der Waals surface area contributed by atoms with E-state index in [1.165, 1.54) is 7.11 Å². The van der Waals surface area contributed by atoms with Crippen molar-refractivity contribution < 1.29 is 27.8 Å². The fraction of sp³-hybridized carbons (Fsp3) is 0.286. The van der Waals surface area contributed by atoms with E-state index in [2.05, 4.69) is 4.90 Å². The van der Waals surface area contributed by atoms with Gasteiger partial charge < -0.3 is 23.0 Å². The highest BCUT2D eigenvalue weighted by Gasteiger charge is 2.16. The first-order valence-corrected chi connectivity index (χ1v) is 8.75. The lowest BCUT2D eigenvalue weighted by Gasteiger charge is -2.21. The van der Waals surface area contributed by atoms with Gasteiger partial charge in [-0.2, -0.15) is 0 Å². The number of rotatable bonds is 9. The van der Waals surface area contributed by atoms with Gasteiger partial charge in [-0.05, 0) is 42.0 Å². The van der Waals surface area contributed by atoms with E-state index in [0.29, 0.717) is 36.9 Å². The van der Waals surface area contributed by atoms with Crippen molar-refractivity contribution in [3.8, 4) is 11.5 Å². The van der Waals surface area contributed by atoms with Crippen LogP contribution in [-0.4, -0.2) is 32.2 Å². The molecule has 0 N–H and O–H groups in total. The van der Waals surface area contributed by atoms with Crippen LogP contribution in [0.25, 0.3) is 0 Å². The van der Waals surface area contributed by atoms with Crippen LogP contribution in [0.4, 0.5) is 0 Å². The number of carbonyl (C=O) groups is 1. The van der Waals surface area contributed by atoms with Crippen LogP contribution in [0.2, 0.25) is 0 Å². The van der Waals surface area contributed by atoms with E-state index in [1.54, 1.807) is 32.6 Å². The summed E-state index contributed by atoms with van der Waals surface area (Å²) in [5, 5.41) is 0. The third kappa shape index (κ3) is 4.75. The van der Waals surface area contributed by atoms with Gasteiger partial charge in [0.1, 0.15) is 11.5 Å². The van der Waals surface area contributed by atoms with Crippen molar-refractivity contribution in [2.24, 2.45) is 0 Å². The average molecular weight is 385 g/mol. The normalized spacial score (nSPS) is 10.9. The Morgan fingerprint density at radius 3 is 2.39 bits per heavy atom. The van der Waals surface area contributed by atoms with Crippen LogP contribution in [0.1, 0.15) is 27.6 Å². The quantitative estimate of drug-likeness (QED) is 0.518. The van der Waals surface area contributed by atoms with Crippen LogP contribution < -0.4 is 9.47 Å². The van der Waals surface area contributed by atoms with Gasteiger partial charge in [-0.25, -0.2) is 4.79 Å². The Labute approximate surface area is 163 Å². The van der Waals surface area contributed by atoms with Crippen molar-refractivity contribution in [1.82, 2.24) is 4.90 Å². The largest absolute Gasteiger partial charge is 0.493 e. The van der Waals surface area contributed by atoms with Gasteiger partial charge >= 0.3 is 5.97 Å². The van der Waals surface area contributed by atoms with Crippen LogP contribution in [0.5, 0.6) is 11.5 Å². The Kier molecular flexibility index (Phi) is 6.39. The first-order chi connectivity index (χ1) is 13.6. The number of furan rings is 2. The summed E-state index contributed by atoms with van der Waals surface area (Å²) < 4.78 is 26.5. The van der Waals surface area contributed by atoms with Gasteiger partial charge in [-0.1, -0.05) is 6.07 Å². The van der Waals surface area contributed by atoms with Crippen LogP contribution in [0.3, 0.4) is 0 Å². The Bertz CT molecular complexity index is 900. The van der Waals surface area contributed by atoms with Gasteiger partial charge in [-0.3, -0.25) is 4.90 Å². The monoisotopic (exact) mass is 385 g/mol. The Morgan fingerprint density at radius 1 is 0.929 bits per heavy atom. The molecule has 0 saturated heterocycles. The maximum Gasteiger partial charge on any atom is 0.373 e. The maximum atomic E-state index is 11.6. The molecular formula is C21H23NO6. The third-order valence-electron chi connectivity index (χ3n) is 4.24. The van der Waals surface area contributed by atoms with Crippen molar-refractivity contribution in [2.45, 2.75) is 19.6 Å². The predicted molar refractivity (Wildman–Crippen MR) is 101 cm³/mol. The predicted octanol–water partition coefficient (Wildman–Crippen LogP) is 3.88. The highest BCUT2D eigenvalue weighted by Crippen LogP contribution is 2.28. The van der Waals surface area contributed by atoms with E-state index in [-0.39, 0.29) is 5.76 Å². The Morgan fingerprint density at radius 2 is 1.71 bits per heavy atom. The molecule has 1 aromatic carbocycles. The van der Waals surface area contributed by atoms with Gasteiger partial charge in [0.2, 0.25) is 5.76 Å². The molecule has 0 radical (unpaired) electrons. The molecule has 0 unspecified atom stereocenters. The summed E-state index contributed by atoms with van der Waals surface area (Å²) in [7, 11) is 4.54. The van der Waals surface area contributed by atoms with Gasteiger partial charge in [0.15, 0.2) is 11.5 Å². The molecule has 0 aliphatic rings. The summed E-state index contributed by atoms with van der Waals surface area (Å²) in [6, 6.07) is 13.0. The number of ether oxygens (including phenoxy) is 3. The number of methoxy groups -OCH3 is 3. The molecule has 0 amide bonds. The fourth-order valence-electron chi connectivity index (χ4n) is 2.92. The lowest BCUT2D eigenvalue weighted by Crippen LogP contribution is -2.22. The minimum absolute atomic E-state index is 0.182. The minimum atomic E-state index is -0.497. The second-order valence-corrected chi connectivity index (χ2v) is 6.17. The van der Waals surface area contributed by atoms with E-state index in [0.717, 1.165) is 11.3 Å². The zero-order chi connectivity index (χ0) is 19.9. The third-order valence-corrected chi connectivity index (χ3v) is 4.24. The lowest BCUT2D eigenvalue weighted by atomic mass is 10.1. The molecule has 2 aromatic heterocycles. The highest BCUT2D eigenvalue weighted by atomic mass is 16.5. The summed E-state index contributed by atoms with van der Waals surface area (Å²) in [6.07, 6.45) is 1.65. The SMILES string of the molecule is COC(=O)c1ccc(CN(Cc2ccc(OC)c(OC)c2)Cc2ccco2)o1. The number of nitrogens with zero attached hydrogens (tertiary/aromatic N) is 1. The van der Waals surface area contributed by atoms with Crippen molar-refractivity contribution in [2.75, 3.05) is 21.3 Å². The van der Waals surface area contributed by atoms with E-state index in [1.807, 2.05) is 30.3 Å².